The van der Waals surface area contributed by atoms with E-state index < -0.39 is 0 Å². The lowest BCUT2D eigenvalue weighted by Gasteiger charge is -2.38. The number of rotatable bonds is 2. The number of ether oxygens (including phenoxy) is 1. The fraction of sp³-hybridized carbons (Fsp3) is 0.400. The first-order chi connectivity index (χ1) is 6.62. The summed E-state index contributed by atoms with van der Waals surface area (Å²) in [5.74, 6) is 0. The fourth-order valence-corrected chi connectivity index (χ4v) is 1.56. The number of nitro benzene ring substituents is 1. The fourth-order valence-electron chi connectivity index (χ4n) is 1.56. The first-order valence-electron chi connectivity index (χ1n) is 4.44. The van der Waals surface area contributed by atoms with Crippen molar-refractivity contribution in [3.8, 4) is 0 Å². The average Bonchev–Trinajstić information content (AvgIpc) is 2.14. The van der Waals surface area contributed by atoms with Crippen molar-refractivity contribution in [2.24, 2.45) is 0 Å². The third kappa shape index (κ3) is 1.37. The van der Waals surface area contributed by atoms with Crippen LogP contribution >= 0.6 is 0 Å². The highest BCUT2D eigenvalue weighted by atomic mass is 16.6. The van der Waals surface area contributed by atoms with Gasteiger partial charge in [-0.3, -0.25) is 10.1 Å². The van der Waals surface area contributed by atoms with Crippen molar-refractivity contribution in [2.45, 2.75) is 12.3 Å². The third-order valence-corrected chi connectivity index (χ3v) is 2.62. The van der Waals surface area contributed by atoms with Crippen molar-refractivity contribution in [3.63, 3.8) is 0 Å². The molecule has 0 spiro atoms. The molecule has 2 rings (SSSR count). The largest absolute Gasteiger partial charge is 0.379 e. The lowest BCUT2D eigenvalue weighted by molar-refractivity contribution is -0.384. The van der Waals surface area contributed by atoms with Gasteiger partial charge in [0.25, 0.3) is 5.69 Å². The molecule has 1 saturated heterocycles. The van der Waals surface area contributed by atoms with E-state index in [1.807, 2.05) is 0 Å². The summed E-state index contributed by atoms with van der Waals surface area (Å²) in [6.07, 6.45) is 0. The Bertz CT molecular complexity index is 354. The predicted molar refractivity (Wildman–Crippen MR) is 51.3 cm³/mol. The van der Waals surface area contributed by atoms with Gasteiger partial charge in [0.1, 0.15) is 0 Å². The second-order valence-electron chi connectivity index (χ2n) is 3.86. The number of benzene rings is 1. The van der Waals surface area contributed by atoms with Gasteiger partial charge in [-0.25, -0.2) is 0 Å². The summed E-state index contributed by atoms with van der Waals surface area (Å²) in [5, 5.41) is 10.4. The van der Waals surface area contributed by atoms with Gasteiger partial charge in [-0.2, -0.15) is 0 Å². The molecule has 0 radical (unpaired) electrons. The molecule has 0 atom stereocenters. The molecular formula is C10H11NO3. The first-order valence-corrected chi connectivity index (χ1v) is 4.44. The Kier molecular flexibility index (Phi) is 2.00. The van der Waals surface area contributed by atoms with Crippen LogP contribution in [0.15, 0.2) is 24.3 Å². The zero-order valence-electron chi connectivity index (χ0n) is 7.90. The number of non-ortho nitro benzene ring substituents is 1. The lowest BCUT2D eigenvalue weighted by atomic mass is 9.81. The van der Waals surface area contributed by atoms with Crippen LogP contribution in [0.4, 0.5) is 5.69 Å². The van der Waals surface area contributed by atoms with Gasteiger partial charge in [-0.05, 0) is 5.56 Å². The summed E-state index contributed by atoms with van der Waals surface area (Å²) >= 11 is 0. The molecule has 0 aromatic heterocycles. The quantitative estimate of drug-likeness (QED) is 0.532. The van der Waals surface area contributed by atoms with Crippen molar-refractivity contribution in [2.75, 3.05) is 13.2 Å². The lowest BCUT2D eigenvalue weighted by Crippen LogP contribution is -2.43. The molecule has 74 valence electrons. The summed E-state index contributed by atoms with van der Waals surface area (Å²) < 4.78 is 5.14. The van der Waals surface area contributed by atoms with Crippen LogP contribution in [0.2, 0.25) is 0 Å². The predicted octanol–water partition coefficient (Wildman–Crippen LogP) is 1.88. The van der Waals surface area contributed by atoms with Gasteiger partial charge < -0.3 is 4.74 Å². The number of nitro groups is 1. The normalized spacial score (nSPS) is 18.6. The Morgan fingerprint density at radius 1 is 1.36 bits per heavy atom. The maximum absolute atomic E-state index is 10.4. The monoisotopic (exact) mass is 193 g/mol. The smallest absolute Gasteiger partial charge is 0.269 e. The highest BCUT2D eigenvalue weighted by Crippen LogP contribution is 2.32. The molecule has 1 aromatic carbocycles. The van der Waals surface area contributed by atoms with E-state index in [4.69, 9.17) is 4.74 Å². The third-order valence-electron chi connectivity index (χ3n) is 2.62. The van der Waals surface area contributed by atoms with Gasteiger partial charge in [-0.1, -0.05) is 19.1 Å². The summed E-state index contributed by atoms with van der Waals surface area (Å²) in [4.78, 5) is 10.0. The van der Waals surface area contributed by atoms with Crippen molar-refractivity contribution in [3.05, 3.63) is 39.9 Å². The summed E-state index contributed by atoms with van der Waals surface area (Å²) in [6, 6.07) is 6.69. The zero-order chi connectivity index (χ0) is 10.2. The first kappa shape index (κ1) is 9.15. The van der Waals surface area contributed by atoms with Crippen LogP contribution in [0.1, 0.15) is 12.5 Å². The Hall–Kier alpha value is -1.42. The second-order valence-corrected chi connectivity index (χ2v) is 3.86. The minimum absolute atomic E-state index is 0.0507. The summed E-state index contributed by atoms with van der Waals surface area (Å²) in [5.41, 5.74) is 1.29. The van der Waals surface area contributed by atoms with Gasteiger partial charge in [0.15, 0.2) is 0 Å². The molecule has 0 amide bonds. The van der Waals surface area contributed by atoms with Crippen LogP contribution in [-0.4, -0.2) is 18.1 Å². The summed E-state index contributed by atoms with van der Waals surface area (Å²) in [6.45, 7) is 3.49. The Morgan fingerprint density at radius 2 is 1.93 bits per heavy atom. The Morgan fingerprint density at radius 3 is 2.29 bits per heavy atom. The van der Waals surface area contributed by atoms with Crippen LogP contribution < -0.4 is 0 Å². The molecule has 14 heavy (non-hydrogen) atoms. The molecule has 4 nitrogen and oxygen atoms in total. The van der Waals surface area contributed by atoms with Crippen LogP contribution in [0.25, 0.3) is 0 Å². The molecule has 0 bridgehead atoms. The van der Waals surface area contributed by atoms with Crippen molar-refractivity contribution < 1.29 is 9.66 Å². The van der Waals surface area contributed by atoms with Gasteiger partial charge in [0.2, 0.25) is 0 Å². The number of hydrogen-bond acceptors (Lipinski definition) is 3. The topological polar surface area (TPSA) is 52.4 Å². The van der Waals surface area contributed by atoms with Gasteiger partial charge >= 0.3 is 0 Å². The van der Waals surface area contributed by atoms with Crippen LogP contribution in [-0.2, 0) is 10.2 Å². The highest BCUT2D eigenvalue weighted by molar-refractivity contribution is 5.37. The van der Waals surface area contributed by atoms with Crippen molar-refractivity contribution in [1.29, 1.82) is 0 Å². The Labute approximate surface area is 81.7 Å². The molecule has 1 aromatic rings. The van der Waals surface area contributed by atoms with Gasteiger partial charge in [0.05, 0.1) is 18.1 Å². The van der Waals surface area contributed by atoms with Crippen LogP contribution in [0.3, 0.4) is 0 Å². The van der Waals surface area contributed by atoms with E-state index in [0.29, 0.717) is 13.2 Å². The summed E-state index contributed by atoms with van der Waals surface area (Å²) in [7, 11) is 0. The van der Waals surface area contributed by atoms with E-state index in [1.54, 1.807) is 24.3 Å². The number of hydrogen-bond donors (Lipinski definition) is 0. The van der Waals surface area contributed by atoms with Gasteiger partial charge in [-0.15, -0.1) is 0 Å². The number of nitrogens with zero attached hydrogens (tertiary/aromatic N) is 1. The van der Waals surface area contributed by atoms with Gasteiger partial charge in [0, 0.05) is 17.5 Å². The maximum atomic E-state index is 10.4. The molecule has 0 N–H and O–H groups in total. The van der Waals surface area contributed by atoms with Crippen molar-refractivity contribution >= 4 is 5.69 Å². The molecule has 0 aliphatic carbocycles. The van der Waals surface area contributed by atoms with E-state index in [1.165, 1.54) is 0 Å². The van der Waals surface area contributed by atoms with E-state index >= 15 is 0 Å². The standard InChI is InChI=1S/C10H11NO3/c1-10(6-14-7-10)8-2-4-9(5-3-8)11(12)13/h2-5H,6-7H2,1H3. The minimum atomic E-state index is -0.386. The van der Waals surface area contributed by atoms with E-state index in [-0.39, 0.29) is 16.0 Å². The van der Waals surface area contributed by atoms with E-state index in [0.717, 1.165) is 5.56 Å². The molecule has 1 fully saturated rings. The highest BCUT2D eigenvalue weighted by Gasteiger charge is 2.35. The molecule has 1 heterocycles. The van der Waals surface area contributed by atoms with Crippen LogP contribution in [0, 0.1) is 10.1 Å². The molecule has 1 aliphatic rings. The Balaban J connectivity index is 2.25. The molecule has 0 saturated carbocycles. The molecule has 4 heteroatoms. The molecule has 1 aliphatic heterocycles. The SMILES string of the molecule is CC1(c2ccc([N+](=O)[O-])cc2)COC1. The molecule has 0 unspecified atom stereocenters. The van der Waals surface area contributed by atoms with E-state index in [9.17, 15) is 10.1 Å². The van der Waals surface area contributed by atoms with Crippen molar-refractivity contribution in [1.82, 2.24) is 0 Å². The van der Waals surface area contributed by atoms with E-state index in [2.05, 4.69) is 6.92 Å². The zero-order valence-corrected chi connectivity index (χ0v) is 7.90. The average molecular weight is 193 g/mol. The maximum Gasteiger partial charge on any atom is 0.269 e. The molecular weight excluding hydrogens is 182 g/mol. The second kappa shape index (κ2) is 3.06. The minimum Gasteiger partial charge on any atom is -0.379 e. The van der Waals surface area contributed by atoms with Crippen LogP contribution in [0.5, 0.6) is 0 Å².